The lowest BCUT2D eigenvalue weighted by Crippen LogP contribution is -2.21. The van der Waals surface area contributed by atoms with Crippen molar-refractivity contribution in [3.05, 3.63) is 11.8 Å². The predicted octanol–water partition coefficient (Wildman–Crippen LogP) is 3.80. The van der Waals surface area contributed by atoms with E-state index in [9.17, 15) is 0 Å². The van der Waals surface area contributed by atoms with Gasteiger partial charge in [-0.1, -0.05) is 33.3 Å². The largest absolute Gasteiger partial charge is 0.476 e. The van der Waals surface area contributed by atoms with Crippen LogP contribution in [0.25, 0.3) is 0 Å². The summed E-state index contributed by atoms with van der Waals surface area (Å²) >= 11 is 0. The minimum Gasteiger partial charge on any atom is -0.476 e. The number of rotatable bonds is 4. The van der Waals surface area contributed by atoms with Crippen molar-refractivity contribution in [2.45, 2.75) is 48.0 Å². The molecule has 3 heteroatoms. The molecule has 0 aromatic heterocycles. The van der Waals surface area contributed by atoms with Crippen LogP contribution in [0.1, 0.15) is 48.0 Å². The van der Waals surface area contributed by atoms with Crippen molar-refractivity contribution in [1.29, 1.82) is 5.41 Å². The molecule has 16 heavy (non-hydrogen) atoms. The minimum atomic E-state index is 0.0712. The van der Waals surface area contributed by atoms with Crippen molar-refractivity contribution in [3.8, 4) is 0 Å². The summed E-state index contributed by atoms with van der Waals surface area (Å²) in [6, 6.07) is 0. The molecule has 0 aliphatic carbocycles. The monoisotopic (exact) mass is 224 g/mol. The third-order valence-electron chi connectivity index (χ3n) is 2.01. The van der Waals surface area contributed by atoms with Gasteiger partial charge in [0.15, 0.2) is 0 Å². The molecule has 0 fully saturated rings. The molecule has 0 spiro atoms. The zero-order valence-electron chi connectivity index (χ0n) is 11.3. The van der Waals surface area contributed by atoms with Crippen LogP contribution in [-0.2, 0) is 4.74 Å². The minimum absolute atomic E-state index is 0.0712. The summed E-state index contributed by atoms with van der Waals surface area (Å²) in [6.45, 7) is 12.7. The Labute approximate surface area is 99.1 Å². The van der Waals surface area contributed by atoms with E-state index in [2.05, 4.69) is 32.7 Å². The molecule has 0 saturated carbocycles. The van der Waals surface area contributed by atoms with Gasteiger partial charge in [-0.05, 0) is 25.7 Å². The summed E-state index contributed by atoms with van der Waals surface area (Å²) in [7, 11) is 0. The summed E-state index contributed by atoms with van der Waals surface area (Å²) in [5.74, 6) is 0.162. The fourth-order valence-electron chi connectivity index (χ4n) is 0.750. The van der Waals surface area contributed by atoms with E-state index in [4.69, 9.17) is 10.1 Å². The summed E-state index contributed by atoms with van der Waals surface area (Å²) in [5.41, 5.74) is 1.89. The van der Waals surface area contributed by atoms with Gasteiger partial charge in [-0.25, -0.2) is 0 Å². The fraction of sp³-hybridized carbons (Fsp3) is 0.692. The maximum atomic E-state index is 7.69. The first-order valence-electron chi connectivity index (χ1n) is 5.68. The molecule has 0 saturated heterocycles. The van der Waals surface area contributed by atoms with Crippen LogP contribution < -0.4 is 0 Å². The highest BCUT2D eigenvalue weighted by atomic mass is 16.5. The van der Waals surface area contributed by atoms with Crippen LogP contribution in [0.2, 0.25) is 0 Å². The first-order chi connectivity index (χ1) is 7.26. The van der Waals surface area contributed by atoms with E-state index in [0.717, 1.165) is 6.42 Å². The second-order valence-corrected chi connectivity index (χ2v) is 5.22. The molecule has 3 nitrogen and oxygen atoms in total. The molecule has 0 atom stereocenters. The Morgan fingerprint density at radius 1 is 1.31 bits per heavy atom. The predicted molar refractivity (Wildman–Crippen MR) is 70.3 cm³/mol. The van der Waals surface area contributed by atoms with Gasteiger partial charge in [-0.3, -0.25) is 10.4 Å². The highest BCUT2D eigenvalue weighted by molar-refractivity contribution is 6.36. The highest BCUT2D eigenvalue weighted by Crippen LogP contribution is 2.13. The van der Waals surface area contributed by atoms with Crippen LogP contribution in [0.4, 0.5) is 0 Å². The Kier molecular flexibility index (Phi) is 6.01. The SMILES string of the molecule is CC/C(C)=C\N=C(C)C(=N)OCC(C)(C)C. The van der Waals surface area contributed by atoms with Crippen LogP contribution in [-0.4, -0.2) is 18.2 Å². The van der Waals surface area contributed by atoms with Gasteiger partial charge in [0.2, 0.25) is 5.90 Å². The summed E-state index contributed by atoms with van der Waals surface area (Å²) in [4.78, 5) is 4.20. The van der Waals surface area contributed by atoms with Crippen LogP contribution >= 0.6 is 0 Å². The third kappa shape index (κ3) is 7.21. The van der Waals surface area contributed by atoms with Gasteiger partial charge in [-0.2, -0.15) is 0 Å². The lowest BCUT2D eigenvalue weighted by Gasteiger charge is -2.18. The van der Waals surface area contributed by atoms with Crippen LogP contribution in [0.3, 0.4) is 0 Å². The first-order valence-corrected chi connectivity index (χ1v) is 5.68. The van der Waals surface area contributed by atoms with Crippen molar-refractivity contribution >= 4 is 11.6 Å². The van der Waals surface area contributed by atoms with Gasteiger partial charge in [0.05, 0.1) is 12.3 Å². The molecule has 0 bridgehead atoms. The molecular weight excluding hydrogens is 200 g/mol. The lowest BCUT2D eigenvalue weighted by molar-refractivity contribution is 0.189. The number of allylic oxidation sites excluding steroid dienone is 1. The Balaban J connectivity index is 4.29. The van der Waals surface area contributed by atoms with Crippen molar-refractivity contribution in [3.63, 3.8) is 0 Å². The van der Waals surface area contributed by atoms with E-state index in [1.54, 1.807) is 13.1 Å². The molecule has 0 amide bonds. The molecule has 0 aliphatic heterocycles. The number of ether oxygens (including phenoxy) is 1. The second-order valence-electron chi connectivity index (χ2n) is 5.22. The second kappa shape index (κ2) is 6.46. The quantitative estimate of drug-likeness (QED) is 0.573. The van der Waals surface area contributed by atoms with E-state index < -0.39 is 0 Å². The maximum Gasteiger partial charge on any atom is 0.227 e. The Bertz CT molecular complexity index is 296. The molecule has 0 rings (SSSR count). The van der Waals surface area contributed by atoms with E-state index in [1.165, 1.54) is 5.57 Å². The Morgan fingerprint density at radius 3 is 2.31 bits per heavy atom. The maximum absolute atomic E-state index is 7.69. The van der Waals surface area contributed by atoms with Crippen molar-refractivity contribution in [1.82, 2.24) is 0 Å². The van der Waals surface area contributed by atoms with E-state index >= 15 is 0 Å². The Morgan fingerprint density at radius 2 is 1.88 bits per heavy atom. The Hall–Kier alpha value is -1.12. The van der Waals surface area contributed by atoms with Crippen molar-refractivity contribution in [2.75, 3.05) is 6.61 Å². The fourth-order valence-corrected chi connectivity index (χ4v) is 0.750. The summed E-state index contributed by atoms with van der Waals surface area (Å²) in [6.07, 6.45) is 2.78. The van der Waals surface area contributed by atoms with Gasteiger partial charge in [0.25, 0.3) is 0 Å². The van der Waals surface area contributed by atoms with Gasteiger partial charge >= 0.3 is 0 Å². The number of hydrogen-bond acceptors (Lipinski definition) is 3. The molecule has 0 aromatic rings. The molecule has 0 radical (unpaired) electrons. The standard InChI is InChI=1S/C13H24N2O/c1-7-10(2)8-15-11(3)12(14)16-9-13(4,5)6/h8,14H,7,9H2,1-6H3/b10-8-,14-12?,15-11?. The van der Waals surface area contributed by atoms with Crippen LogP contribution in [0, 0.1) is 10.8 Å². The smallest absolute Gasteiger partial charge is 0.227 e. The molecule has 0 aromatic carbocycles. The van der Waals surface area contributed by atoms with Gasteiger partial charge in [-0.15, -0.1) is 0 Å². The molecule has 0 aliphatic rings. The topological polar surface area (TPSA) is 45.4 Å². The normalized spacial score (nSPS) is 13.9. The molecule has 0 heterocycles. The van der Waals surface area contributed by atoms with Crippen LogP contribution in [0.5, 0.6) is 0 Å². The number of hydrogen-bond donors (Lipinski definition) is 1. The zero-order valence-corrected chi connectivity index (χ0v) is 11.3. The number of aliphatic imine (C=N–C) groups is 1. The summed E-state index contributed by atoms with van der Waals surface area (Å²) in [5, 5.41) is 7.69. The lowest BCUT2D eigenvalue weighted by atomic mass is 9.99. The van der Waals surface area contributed by atoms with Gasteiger partial charge in [0, 0.05) is 6.20 Å². The number of nitrogens with one attached hydrogen (secondary N) is 1. The first kappa shape index (κ1) is 14.9. The number of nitrogens with zero attached hydrogens (tertiary/aromatic N) is 1. The molecular formula is C13H24N2O. The summed E-state index contributed by atoms with van der Waals surface area (Å²) < 4.78 is 5.36. The van der Waals surface area contributed by atoms with Crippen molar-refractivity contribution < 1.29 is 4.74 Å². The van der Waals surface area contributed by atoms with E-state index in [0.29, 0.717) is 12.3 Å². The molecule has 92 valence electrons. The van der Waals surface area contributed by atoms with Crippen LogP contribution in [0.15, 0.2) is 16.8 Å². The highest BCUT2D eigenvalue weighted by Gasteiger charge is 2.13. The average molecular weight is 224 g/mol. The van der Waals surface area contributed by atoms with Gasteiger partial charge in [0.1, 0.15) is 0 Å². The van der Waals surface area contributed by atoms with Crippen molar-refractivity contribution in [2.24, 2.45) is 10.4 Å². The van der Waals surface area contributed by atoms with E-state index in [-0.39, 0.29) is 11.3 Å². The zero-order chi connectivity index (χ0) is 12.8. The van der Waals surface area contributed by atoms with Gasteiger partial charge < -0.3 is 4.74 Å². The molecule has 0 unspecified atom stereocenters. The average Bonchev–Trinajstić information content (AvgIpc) is 2.20. The van der Waals surface area contributed by atoms with E-state index in [1.807, 2.05) is 6.92 Å². The molecule has 1 N–H and O–H groups in total. The third-order valence-corrected chi connectivity index (χ3v) is 2.01.